The Kier molecular flexibility index (Phi) is 4.16. The molecule has 2 aromatic heterocycles. The van der Waals surface area contributed by atoms with E-state index >= 15 is 0 Å². The summed E-state index contributed by atoms with van der Waals surface area (Å²) in [6.07, 6.45) is -2.61. The molecule has 5 rings (SSSR count). The first kappa shape index (κ1) is 18.8. The minimum atomic E-state index is -4.78. The van der Waals surface area contributed by atoms with Crippen molar-refractivity contribution in [3.63, 3.8) is 0 Å². The molecule has 3 heterocycles. The Morgan fingerprint density at radius 3 is 2.77 bits per heavy atom. The third kappa shape index (κ3) is 3.23. The Morgan fingerprint density at radius 1 is 1.23 bits per heavy atom. The number of anilines is 2. The maximum Gasteiger partial charge on any atom is 0.573 e. The SMILES string of the molecule is CN1CCOc2c1c(N(C)C1CC1)nn1c(-c3cccc(OC(F)(F)F)c3)nnc21. The first-order valence-corrected chi connectivity index (χ1v) is 9.54. The molecule has 0 amide bonds. The van der Waals surface area contributed by atoms with Gasteiger partial charge in [-0.3, -0.25) is 0 Å². The molecule has 0 saturated heterocycles. The number of likely N-dealkylation sites (N-methyl/N-ethyl adjacent to an activating group) is 1. The summed E-state index contributed by atoms with van der Waals surface area (Å²) in [6.45, 7) is 1.21. The highest BCUT2D eigenvalue weighted by atomic mass is 19.4. The van der Waals surface area contributed by atoms with Crippen LogP contribution in [0.25, 0.3) is 17.0 Å². The van der Waals surface area contributed by atoms with Crippen molar-refractivity contribution in [2.24, 2.45) is 0 Å². The van der Waals surface area contributed by atoms with Crippen LogP contribution in [0.15, 0.2) is 24.3 Å². The molecule has 1 aromatic carbocycles. The Morgan fingerprint density at radius 2 is 2.03 bits per heavy atom. The highest BCUT2D eigenvalue weighted by Crippen LogP contribution is 2.44. The average molecular weight is 420 g/mol. The predicted molar refractivity (Wildman–Crippen MR) is 103 cm³/mol. The quantitative estimate of drug-likeness (QED) is 0.643. The molecule has 1 fully saturated rings. The smallest absolute Gasteiger partial charge is 0.486 e. The van der Waals surface area contributed by atoms with Crippen LogP contribution in [-0.4, -0.2) is 59.5 Å². The summed E-state index contributed by atoms with van der Waals surface area (Å²) >= 11 is 0. The molecule has 11 heteroatoms. The van der Waals surface area contributed by atoms with Crippen molar-refractivity contribution in [1.29, 1.82) is 0 Å². The predicted octanol–water partition coefficient (Wildman–Crippen LogP) is 3.12. The van der Waals surface area contributed by atoms with Crippen LogP contribution < -0.4 is 19.3 Å². The van der Waals surface area contributed by atoms with Gasteiger partial charge < -0.3 is 19.3 Å². The van der Waals surface area contributed by atoms with Gasteiger partial charge in [0.2, 0.25) is 5.65 Å². The molecule has 3 aromatic rings. The summed E-state index contributed by atoms with van der Waals surface area (Å²) in [6, 6.07) is 6.01. The van der Waals surface area contributed by atoms with Gasteiger partial charge in [-0.15, -0.1) is 28.5 Å². The molecule has 2 aliphatic rings. The van der Waals surface area contributed by atoms with E-state index in [1.54, 1.807) is 6.07 Å². The Hall–Kier alpha value is -3.24. The van der Waals surface area contributed by atoms with Gasteiger partial charge in [0.05, 0.1) is 6.54 Å². The van der Waals surface area contributed by atoms with Gasteiger partial charge in [-0.05, 0) is 25.0 Å². The first-order valence-electron chi connectivity index (χ1n) is 9.54. The van der Waals surface area contributed by atoms with E-state index in [1.165, 1.54) is 22.7 Å². The van der Waals surface area contributed by atoms with Crippen LogP contribution in [0.1, 0.15) is 12.8 Å². The zero-order chi connectivity index (χ0) is 21.0. The van der Waals surface area contributed by atoms with Crippen LogP contribution in [0.4, 0.5) is 24.7 Å². The molecule has 1 saturated carbocycles. The van der Waals surface area contributed by atoms with E-state index in [0.29, 0.717) is 42.0 Å². The van der Waals surface area contributed by atoms with Gasteiger partial charge in [0, 0.05) is 25.7 Å². The molecule has 8 nitrogen and oxygen atoms in total. The van der Waals surface area contributed by atoms with E-state index in [4.69, 9.17) is 9.84 Å². The number of hydrogen-bond acceptors (Lipinski definition) is 7. The third-order valence-corrected chi connectivity index (χ3v) is 5.27. The van der Waals surface area contributed by atoms with Crippen LogP contribution in [0, 0.1) is 0 Å². The summed E-state index contributed by atoms with van der Waals surface area (Å²) in [4.78, 5) is 4.18. The van der Waals surface area contributed by atoms with E-state index in [1.807, 2.05) is 14.1 Å². The summed E-state index contributed by atoms with van der Waals surface area (Å²) in [5.74, 6) is 1.28. The van der Waals surface area contributed by atoms with Crippen LogP contribution in [-0.2, 0) is 0 Å². The summed E-state index contributed by atoms with van der Waals surface area (Å²) in [7, 11) is 3.95. The standard InChI is InChI=1S/C19H19F3N6O2/c1-26-8-9-29-15-14(26)17(27(2)12-6-7-12)25-28-16(23-24-18(15)28)11-4-3-5-13(10-11)30-19(20,21)22/h3-5,10,12H,6-9H2,1-2H3. The second kappa shape index (κ2) is 6.64. The molecule has 0 unspecified atom stereocenters. The molecule has 0 atom stereocenters. The fraction of sp³-hybridized carbons (Fsp3) is 0.421. The molecular formula is C19H19F3N6O2. The van der Waals surface area contributed by atoms with Crippen LogP contribution in [0.5, 0.6) is 11.5 Å². The van der Waals surface area contributed by atoms with E-state index in [-0.39, 0.29) is 5.75 Å². The second-order valence-corrected chi connectivity index (χ2v) is 7.45. The maximum absolute atomic E-state index is 12.6. The summed E-state index contributed by atoms with van der Waals surface area (Å²) in [5.41, 5.74) is 1.67. The van der Waals surface area contributed by atoms with Crippen molar-refractivity contribution in [1.82, 2.24) is 19.8 Å². The molecule has 1 aliphatic carbocycles. The number of benzene rings is 1. The largest absolute Gasteiger partial charge is 0.573 e. The minimum absolute atomic E-state index is 0.308. The third-order valence-electron chi connectivity index (χ3n) is 5.27. The lowest BCUT2D eigenvalue weighted by Gasteiger charge is -2.32. The fourth-order valence-corrected chi connectivity index (χ4v) is 3.62. The number of hydrogen-bond donors (Lipinski definition) is 0. The van der Waals surface area contributed by atoms with E-state index in [9.17, 15) is 13.2 Å². The molecule has 158 valence electrons. The van der Waals surface area contributed by atoms with Crippen molar-refractivity contribution in [3.8, 4) is 22.9 Å². The van der Waals surface area contributed by atoms with E-state index in [2.05, 4.69) is 24.7 Å². The van der Waals surface area contributed by atoms with Crippen LogP contribution in [0.3, 0.4) is 0 Å². The molecular weight excluding hydrogens is 401 g/mol. The normalized spacial score (nSPS) is 16.4. The van der Waals surface area contributed by atoms with Crippen LogP contribution in [0.2, 0.25) is 0 Å². The summed E-state index contributed by atoms with van der Waals surface area (Å²) in [5, 5.41) is 13.2. The number of rotatable bonds is 4. The fourth-order valence-electron chi connectivity index (χ4n) is 3.62. The van der Waals surface area contributed by atoms with E-state index in [0.717, 1.165) is 24.3 Å². The zero-order valence-corrected chi connectivity index (χ0v) is 16.3. The van der Waals surface area contributed by atoms with Gasteiger partial charge >= 0.3 is 6.36 Å². The number of ether oxygens (including phenoxy) is 2. The topological polar surface area (TPSA) is 68.0 Å². The lowest BCUT2D eigenvalue weighted by molar-refractivity contribution is -0.274. The Balaban J connectivity index is 1.66. The number of halogens is 3. The van der Waals surface area contributed by atoms with E-state index < -0.39 is 6.36 Å². The zero-order valence-electron chi connectivity index (χ0n) is 16.3. The van der Waals surface area contributed by atoms with Crippen molar-refractivity contribution in [2.45, 2.75) is 25.2 Å². The molecule has 0 spiro atoms. The average Bonchev–Trinajstić information content (AvgIpc) is 3.45. The van der Waals surface area contributed by atoms with Gasteiger partial charge in [0.15, 0.2) is 17.4 Å². The molecule has 30 heavy (non-hydrogen) atoms. The molecule has 0 radical (unpaired) electrons. The molecule has 0 bridgehead atoms. The summed E-state index contributed by atoms with van der Waals surface area (Å²) < 4.78 is 49.4. The van der Waals surface area contributed by atoms with Gasteiger partial charge in [0.25, 0.3) is 0 Å². The van der Waals surface area contributed by atoms with Gasteiger partial charge in [-0.2, -0.15) is 4.52 Å². The monoisotopic (exact) mass is 420 g/mol. The van der Waals surface area contributed by atoms with Crippen molar-refractivity contribution in [3.05, 3.63) is 24.3 Å². The van der Waals surface area contributed by atoms with Crippen molar-refractivity contribution < 1.29 is 22.6 Å². The Bertz CT molecular complexity index is 1110. The lowest BCUT2D eigenvalue weighted by atomic mass is 10.2. The Labute approximate surface area is 169 Å². The van der Waals surface area contributed by atoms with Gasteiger partial charge in [-0.25, -0.2) is 0 Å². The van der Waals surface area contributed by atoms with Crippen molar-refractivity contribution >= 4 is 17.2 Å². The second-order valence-electron chi connectivity index (χ2n) is 7.45. The molecule has 1 aliphatic heterocycles. The van der Waals surface area contributed by atoms with Gasteiger partial charge in [-0.1, -0.05) is 12.1 Å². The maximum atomic E-state index is 12.6. The lowest BCUT2D eigenvalue weighted by Crippen LogP contribution is -2.33. The minimum Gasteiger partial charge on any atom is -0.486 e. The highest BCUT2D eigenvalue weighted by Gasteiger charge is 2.34. The first-order chi connectivity index (χ1) is 14.3. The molecule has 0 N–H and O–H groups in total. The number of alkyl halides is 3. The van der Waals surface area contributed by atoms with Crippen molar-refractivity contribution in [2.75, 3.05) is 37.0 Å². The van der Waals surface area contributed by atoms with Crippen LogP contribution >= 0.6 is 0 Å². The number of aromatic nitrogens is 4. The highest BCUT2D eigenvalue weighted by molar-refractivity contribution is 5.82. The van der Waals surface area contributed by atoms with Gasteiger partial charge in [0.1, 0.15) is 18.0 Å². The number of nitrogens with zero attached hydrogens (tertiary/aromatic N) is 6. The number of fused-ring (bicyclic) bond motifs is 3.